The summed E-state index contributed by atoms with van der Waals surface area (Å²) >= 11 is 0. The Morgan fingerprint density at radius 1 is 1.62 bits per heavy atom. The number of hydrogen-bond acceptors (Lipinski definition) is 3. The Labute approximate surface area is 74.2 Å². The molecular formula is C8H8N4O. The number of fused-ring (bicyclic) bond motifs is 1. The summed E-state index contributed by atoms with van der Waals surface area (Å²) in [6, 6.07) is 1.81. The number of rotatable bonds is 1. The largest absolute Gasteiger partial charge is 0.365 e. The molecule has 0 aliphatic rings. The van der Waals surface area contributed by atoms with Gasteiger partial charge in [-0.3, -0.25) is 4.79 Å². The van der Waals surface area contributed by atoms with E-state index in [2.05, 4.69) is 10.1 Å². The van der Waals surface area contributed by atoms with Crippen LogP contribution >= 0.6 is 0 Å². The van der Waals surface area contributed by atoms with Gasteiger partial charge in [0.1, 0.15) is 5.56 Å². The highest BCUT2D eigenvalue weighted by Crippen LogP contribution is 2.08. The van der Waals surface area contributed by atoms with Crippen molar-refractivity contribution < 1.29 is 4.79 Å². The molecule has 0 aliphatic heterocycles. The number of aromatic nitrogens is 3. The number of hydrogen-bond donors (Lipinski definition) is 1. The van der Waals surface area contributed by atoms with Gasteiger partial charge in [-0.15, -0.1) is 0 Å². The van der Waals surface area contributed by atoms with Gasteiger partial charge in [0, 0.05) is 11.9 Å². The van der Waals surface area contributed by atoms with Gasteiger partial charge in [-0.25, -0.2) is 9.50 Å². The number of primary amides is 1. The summed E-state index contributed by atoms with van der Waals surface area (Å²) in [5.41, 5.74) is 6.91. The second-order valence-corrected chi connectivity index (χ2v) is 2.74. The fourth-order valence-corrected chi connectivity index (χ4v) is 1.18. The predicted molar refractivity (Wildman–Crippen MR) is 46.2 cm³/mol. The standard InChI is InChI=1S/C8H8N4O/c1-5-2-3-10-8-6(7(9)13)4-11-12(5)8/h2-4H,1H3,(H2,9,13). The molecule has 5 heteroatoms. The Hall–Kier alpha value is -1.91. The van der Waals surface area contributed by atoms with E-state index >= 15 is 0 Å². The van der Waals surface area contributed by atoms with Crippen molar-refractivity contribution in [2.24, 2.45) is 5.73 Å². The van der Waals surface area contributed by atoms with Crippen LogP contribution in [-0.4, -0.2) is 20.5 Å². The van der Waals surface area contributed by atoms with Crippen LogP contribution in [-0.2, 0) is 0 Å². The number of nitrogens with zero attached hydrogens (tertiary/aromatic N) is 3. The second kappa shape index (κ2) is 2.55. The fraction of sp³-hybridized carbons (Fsp3) is 0.125. The molecule has 0 radical (unpaired) electrons. The molecule has 5 nitrogen and oxygen atoms in total. The third-order valence-corrected chi connectivity index (χ3v) is 1.86. The lowest BCUT2D eigenvalue weighted by Gasteiger charge is -1.96. The number of carbonyl (C=O) groups is 1. The van der Waals surface area contributed by atoms with Gasteiger partial charge in [-0.05, 0) is 13.0 Å². The number of nitrogens with two attached hydrogens (primary N) is 1. The van der Waals surface area contributed by atoms with Crippen molar-refractivity contribution in [2.45, 2.75) is 6.92 Å². The first-order chi connectivity index (χ1) is 6.20. The van der Waals surface area contributed by atoms with Gasteiger partial charge < -0.3 is 5.73 Å². The molecule has 0 fully saturated rings. The molecule has 2 N–H and O–H groups in total. The third kappa shape index (κ3) is 1.05. The molecule has 0 bridgehead atoms. The molecule has 2 aromatic heterocycles. The lowest BCUT2D eigenvalue weighted by atomic mass is 10.3. The van der Waals surface area contributed by atoms with Crippen LogP contribution in [0.2, 0.25) is 0 Å². The van der Waals surface area contributed by atoms with Crippen LogP contribution in [0.15, 0.2) is 18.5 Å². The highest BCUT2D eigenvalue weighted by Gasteiger charge is 2.10. The molecule has 0 aliphatic carbocycles. The average Bonchev–Trinajstić information content (AvgIpc) is 2.48. The van der Waals surface area contributed by atoms with Gasteiger partial charge in [-0.2, -0.15) is 5.10 Å². The van der Waals surface area contributed by atoms with Gasteiger partial charge in [0.15, 0.2) is 5.65 Å². The quantitative estimate of drug-likeness (QED) is 0.671. The first-order valence-electron chi connectivity index (χ1n) is 3.79. The molecule has 2 rings (SSSR count). The van der Waals surface area contributed by atoms with E-state index in [1.54, 1.807) is 10.7 Å². The van der Waals surface area contributed by atoms with Crippen LogP contribution < -0.4 is 5.73 Å². The summed E-state index contributed by atoms with van der Waals surface area (Å²) in [5, 5.41) is 3.99. The van der Waals surface area contributed by atoms with Crippen molar-refractivity contribution in [3.05, 3.63) is 29.7 Å². The summed E-state index contributed by atoms with van der Waals surface area (Å²) in [7, 11) is 0. The Bertz CT molecular complexity index is 474. The number of carbonyl (C=O) groups excluding carboxylic acids is 1. The van der Waals surface area contributed by atoms with E-state index in [0.29, 0.717) is 11.2 Å². The van der Waals surface area contributed by atoms with Crippen molar-refractivity contribution in [1.29, 1.82) is 0 Å². The topological polar surface area (TPSA) is 73.3 Å². The highest BCUT2D eigenvalue weighted by atomic mass is 16.1. The molecule has 0 unspecified atom stereocenters. The molecule has 2 heterocycles. The molecule has 0 atom stereocenters. The Kier molecular flexibility index (Phi) is 1.51. The maximum atomic E-state index is 10.9. The van der Waals surface area contributed by atoms with Gasteiger partial charge in [0.25, 0.3) is 5.91 Å². The Morgan fingerprint density at radius 2 is 2.38 bits per heavy atom. The van der Waals surface area contributed by atoms with Gasteiger partial charge >= 0.3 is 0 Å². The molecule has 1 amide bonds. The van der Waals surface area contributed by atoms with E-state index in [1.807, 2.05) is 13.0 Å². The van der Waals surface area contributed by atoms with Crippen molar-refractivity contribution in [1.82, 2.24) is 14.6 Å². The number of aryl methyl sites for hydroxylation is 1. The van der Waals surface area contributed by atoms with E-state index in [4.69, 9.17) is 5.73 Å². The van der Waals surface area contributed by atoms with Crippen LogP contribution in [0.25, 0.3) is 5.65 Å². The zero-order valence-electron chi connectivity index (χ0n) is 7.06. The monoisotopic (exact) mass is 176 g/mol. The maximum absolute atomic E-state index is 10.9. The predicted octanol–water partition coefficient (Wildman–Crippen LogP) is 0.137. The van der Waals surface area contributed by atoms with Crippen LogP contribution in [0, 0.1) is 6.92 Å². The molecular weight excluding hydrogens is 168 g/mol. The maximum Gasteiger partial charge on any atom is 0.254 e. The summed E-state index contributed by atoms with van der Waals surface area (Å²) in [6.45, 7) is 1.88. The smallest absolute Gasteiger partial charge is 0.254 e. The van der Waals surface area contributed by atoms with Gasteiger partial charge in [-0.1, -0.05) is 0 Å². The highest BCUT2D eigenvalue weighted by molar-refractivity contribution is 5.98. The first kappa shape index (κ1) is 7.72. The Balaban J connectivity index is 2.83. The molecule has 2 aromatic rings. The summed E-state index contributed by atoms with van der Waals surface area (Å²) in [6.07, 6.45) is 3.05. The summed E-state index contributed by atoms with van der Waals surface area (Å²) in [4.78, 5) is 14.9. The second-order valence-electron chi connectivity index (χ2n) is 2.74. The zero-order valence-corrected chi connectivity index (χ0v) is 7.06. The van der Waals surface area contributed by atoms with E-state index in [-0.39, 0.29) is 0 Å². The van der Waals surface area contributed by atoms with Crippen molar-refractivity contribution >= 4 is 11.6 Å². The molecule has 0 saturated carbocycles. The first-order valence-corrected chi connectivity index (χ1v) is 3.79. The lowest BCUT2D eigenvalue weighted by Crippen LogP contribution is -2.11. The molecule has 66 valence electrons. The minimum Gasteiger partial charge on any atom is -0.365 e. The summed E-state index contributed by atoms with van der Waals surface area (Å²) in [5.74, 6) is -0.506. The zero-order chi connectivity index (χ0) is 9.42. The SMILES string of the molecule is Cc1ccnc2c(C(N)=O)cnn12. The average molecular weight is 176 g/mol. The third-order valence-electron chi connectivity index (χ3n) is 1.86. The normalized spacial score (nSPS) is 10.5. The van der Waals surface area contributed by atoms with E-state index in [9.17, 15) is 4.79 Å². The van der Waals surface area contributed by atoms with Crippen LogP contribution in [0.5, 0.6) is 0 Å². The van der Waals surface area contributed by atoms with Crippen LogP contribution in [0.1, 0.15) is 16.1 Å². The molecule has 0 spiro atoms. The number of amides is 1. The van der Waals surface area contributed by atoms with Gasteiger partial charge in [0.05, 0.1) is 6.20 Å². The van der Waals surface area contributed by atoms with E-state index in [1.165, 1.54) is 6.20 Å². The van der Waals surface area contributed by atoms with Gasteiger partial charge in [0.2, 0.25) is 0 Å². The van der Waals surface area contributed by atoms with Crippen molar-refractivity contribution in [2.75, 3.05) is 0 Å². The molecule has 0 aromatic carbocycles. The summed E-state index contributed by atoms with van der Waals surface area (Å²) < 4.78 is 1.58. The van der Waals surface area contributed by atoms with E-state index in [0.717, 1.165) is 5.69 Å². The fourth-order valence-electron chi connectivity index (χ4n) is 1.18. The van der Waals surface area contributed by atoms with Crippen LogP contribution in [0.4, 0.5) is 0 Å². The molecule has 0 saturated heterocycles. The minimum absolute atomic E-state index is 0.351. The van der Waals surface area contributed by atoms with E-state index < -0.39 is 5.91 Å². The minimum atomic E-state index is -0.506. The van der Waals surface area contributed by atoms with Crippen molar-refractivity contribution in [3.63, 3.8) is 0 Å². The van der Waals surface area contributed by atoms with Crippen molar-refractivity contribution in [3.8, 4) is 0 Å². The molecule has 13 heavy (non-hydrogen) atoms. The Morgan fingerprint density at radius 3 is 3.08 bits per heavy atom. The lowest BCUT2D eigenvalue weighted by molar-refractivity contribution is 0.100. The van der Waals surface area contributed by atoms with Crippen LogP contribution in [0.3, 0.4) is 0 Å².